The maximum atomic E-state index is 10.2. The van der Waals surface area contributed by atoms with Gasteiger partial charge in [0.05, 0.1) is 11.8 Å². The van der Waals surface area contributed by atoms with Gasteiger partial charge in [-0.25, -0.2) is 0 Å². The van der Waals surface area contributed by atoms with E-state index in [2.05, 4.69) is 15.4 Å². The lowest BCUT2D eigenvalue weighted by Gasteiger charge is -2.12. The molecule has 0 radical (unpaired) electrons. The Hall–Kier alpha value is -2.21. The van der Waals surface area contributed by atoms with E-state index in [1.807, 2.05) is 37.5 Å². The Labute approximate surface area is 145 Å². The highest BCUT2D eigenvalue weighted by Crippen LogP contribution is 2.21. The van der Waals surface area contributed by atoms with Crippen molar-refractivity contribution in [2.45, 2.75) is 12.6 Å². The summed E-state index contributed by atoms with van der Waals surface area (Å²) in [4.78, 5) is 4.04. The minimum atomic E-state index is -0.580. The van der Waals surface area contributed by atoms with Gasteiger partial charge in [-0.1, -0.05) is 23.7 Å². The summed E-state index contributed by atoms with van der Waals surface area (Å²) in [6.07, 6.45) is 4.91. The number of rotatable bonds is 6. The molecule has 5 nitrogen and oxygen atoms in total. The first-order valence-corrected chi connectivity index (χ1v) is 8.08. The Morgan fingerprint density at radius 3 is 2.58 bits per heavy atom. The van der Waals surface area contributed by atoms with Crippen molar-refractivity contribution >= 4 is 11.6 Å². The van der Waals surface area contributed by atoms with Crippen LogP contribution in [0.1, 0.15) is 17.2 Å². The monoisotopic (exact) mass is 342 g/mol. The van der Waals surface area contributed by atoms with E-state index in [9.17, 15) is 5.11 Å². The van der Waals surface area contributed by atoms with Gasteiger partial charge in [-0.15, -0.1) is 0 Å². The van der Waals surface area contributed by atoms with Gasteiger partial charge in [-0.2, -0.15) is 5.10 Å². The molecule has 0 aliphatic carbocycles. The number of aryl methyl sites for hydroxylation is 1. The van der Waals surface area contributed by atoms with Gasteiger partial charge < -0.3 is 10.4 Å². The molecule has 0 fully saturated rings. The van der Waals surface area contributed by atoms with Crippen LogP contribution in [0.2, 0.25) is 5.02 Å². The van der Waals surface area contributed by atoms with E-state index in [4.69, 9.17) is 11.6 Å². The molecule has 0 aliphatic rings. The maximum absolute atomic E-state index is 10.2. The standard InChI is InChI=1S/C18H19ClN4O/c1-23-12-15(18(22-23)14-6-8-20-9-7-14)10-21-11-17(24)13-2-4-16(19)5-3-13/h2-9,12,17,21,24H,10-11H2,1H3/t17-/m1/s1. The summed E-state index contributed by atoms with van der Waals surface area (Å²) in [6, 6.07) is 11.1. The summed E-state index contributed by atoms with van der Waals surface area (Å²) in [5.74, 6) is 0. The summed E-state index contributed by atoms with van der Waals surface area (Å²) < 4.78 is 1.79. The molecule has 3 rings (SSSR count). The molecular weight excluding hydrogens is 324 g/mol. The minimum Gasteiger partial charge on any atom is -0.387 e. The third-order valence-corrected chi connectivity index (χ3v) is 4.02. The van der Waals surface area contributed by atoms with Crippen molar-refractivity contribution in [2.24, 2.45) is 7.05 Å². The smallest absolute Gasteiger partial charge is 0.0969 e. The quantitative estimate of drug-likeness (QED) is 0.723. The Balaban J connectivity index is 1.64. The highest BCUT2D eigenvalue weighted by Gasteiger charge is 2.11. The topological polar surface area (TPSA) is 63.0 Å². The van der Waals surface area contributed by atoms with E-state index in [1.165, 1.54) is 0 Å². The van der Waals surface area contributed by atoms with Crippen molar-refractivity contribution in [2.75, 3.05) is 6.54 Å². The molecule has 2 N–H and O–H groups in total. The second-order valence-electron chi connectivity index (χ2n) is 5.61. The second kappa shape index (κ2) is 7.57. The first-order chi connectivity index (χ1) is 11.6. The number of aliphatic hydroxyl groups excluding tert-OH is 1. The predicted octanol–water partition coefficient (Wildman–Crippen LogP) is 2.96. The lowest BCUT2D eigenvalue weighted by molar-refractivity contribution is 0.174. The van der Waals surface area contributed by atoms with Gasteiger partial charge >= 0.3 is 0 Å². The van der Waals surface area contributed by atoms with Crippen LogP contribution in [-0.4, -0.2) is 26.4 Å². The van der Waals surface area contributed by atoms with Crippen LogP contribution in [0.4, 0.5) is 0 Å². The zero-order chi connectivity index (χ0) is 16.9. The molecule has 124 valence electrons. The third-order valence-electron chi connectivity index (χ3n) is 3.77. The van der Waals surface area contributed by atoms with Crippen molar-refractivity contribution in [1.82, 2.24) is 20.1 Å². The fourth-order valence-corrected chi connectivity index (χ4v) is 2.69. The van der Waals surface area contributed by atoms with Crippen LogP contribution < -0.4 is 5.32 Å². The van der Waals surface area contributed by atoms with Crippen LogP contribution in [-0.2, 0) is 13.6 Å². The van der Waals surface area contributed by atoms with Gasteiger partial charge in [0.2, 0.25) is 0 Å². The Bertz CT molecular complexity index is 787. The highest BCUT2D eigenvalue weighted by atomic mass is 35.5. The number of nitrogens with one attached hydrogen (secondary N) is 1. The fraction of sp³-hybridized carbons (Fsp3) is 0.222. The summed E-state index contributed by atoms with van der Waals surface area (Å²) in [5.41, 5.74) is 3.87. The van der Waals surface area contributed by atoms with Crippen LogP contribution in [0.25, 0.3) is 11.3 Å². The molecule has 0 aliphatic heterocycles. The fourth-order valence-electron chi connectivity index (χ4n) is 2.57. The summed E-state index contributed by atoms with van der Waals surface area (Å²) >= 11 is 5.87. The van der Waals surface area contributed by atoms with Crippen LogP contribution in [0.15, 0.2) is 55.0 Å². The number of aromatic nitrogens is 3. The summed E-state index contributed by atoms with van der Waals surface area (Å²) in [6.45, 7) is 1.07. The molecule has 0 saturated carbocycles. The highest BCUT2D eigenvalue weighted by molar-refractivity contribution is 6.30. The number of pyridine rings is 1. The van der Waals surface area contributed by atoms with E-state index in [0.29, 0.717) is 18.1 Å². The molecule has 2 heterocycles. The molecule has 0 unspecified atom stereocenters. The molecule has 2 aromatic heterocycles. The van der Waals surface area contributed by atoms with Gasteiger partial charge in [0.1, 0.15) is 0 Å². The molecule has 1 atom stereocenters. The number of aliphatic hydroxyl groups is 1. The van der Waals surface area contributed by atoms with Crippen molar-refractivity contribution in [3.63, 3.8) is 0 Å². The van der Waals surface area contributed by atoms with Gasteiger partial charge in [-0.3, -0.25) is 9.67 Å². The molecule has 0 amide bonds. The molecule has 0 saturated heterocycles. The first-order valence-electron chi connectivity index (χ1n) is 7.70. The van der Waals surface area contributed by atoms with Crippen molar-refractivity contribution in [3.8, 4) is 11.3 Å². The zero-order valence-corrected chi connectivity index (χ0v) is 14.1. The van der Waals surface area contributed by atoms with E-state index in [-0.39, 0.29) is 0 Å². The van der Waals surface area contributed by atoms with Crippen molar-refractivity contribution in [1.29, 1.82) is 0 Å². The Kier molecular flexibility index (Phi) is 5.25. The van der Waals surface area contributed by atoms with E-state index >= 15 is 0 Å². The first kappa shape index (κ1) is 16.6. The maximum Gasteiger partial charge on any atom is 0.0969 e. The van der Waals surface area contributed by atoms with Crippen LogP contribution in [0.5, 0.6) is 0 Å². The average molecular weight is 343 g/mol. The zero-order valence-electron chi connectivity index (χ0n) is 13.4. The van der Waals surface area contributed by atoms with Gasteiger partial charge in [0, 0.05) is 54.9 Å². The van der Waals surface area contributed by atoms with Gasteiger partial charge in [0.15, 0.2) is 0 Å². The molecule has 1 aromatic carbocycles. The van der Waals surface area contributed by atoms with Crippen LogP contribution >= 0.6 is 11.6 Å². The molecule has 0 bridgehead atoms. The number of benzene rings is 1. The summed E-state index contributed by atoms with van der Waals surface area (Å²) in [7, 11) is 1.90. The Morgan fingerprint density at radius 2 is 1.88 bits per heavy atom. The lowest BCUT2D eigenvalue weighted by atomic mass is 10.1. The number of halogens is 1. The predicted molar refractivity (Wildman–Crippen MR) is 94.6 cm³/mol. The van der Waals surface area contributed by atoms with Gasteiger partial charge in [0.25, 0.3) is 0 Å². The van der Waals surface area contributed by atoms with Gasteiger partial charge in [-0.05, 0) is 29.8 Å². The lowest BCUT2D eigenvalue weighted by Crippen LogP contribution is -2.21. The number of nitrogens with zero attached hydrogens (tertiary/aromatic N) is 3. The number of hydrogen-bond acceptors (Lipinski definition) is 4. The molecular formula is C18H19ClN4O. The average Bonchev–Trinajstić information content (AvgIpc) is 2.97. The van der Waals surface area contributed by atoms with Crippen molar-refractivity contribution < 1.29 is 5.11 Å². The largest absolute Gasteiger partial charge is 0.387 e. The molecule has 3 aromatic rings. The third kappa shape index (κ3) is 4.00. The van der Waals surface area contributed by atoms with E-state index < -0.39 is 6.10 Å². The van der Waals surface area contributed by atoms with Crippen molar-refractivity contribution in [3.05, 3.63) is 71.1 Å². The second-order valence-corrected chi connectivity index (χ2v) is 6.05. The molecule has 24 heavy (non-hydrogen) atoms. The van der Waals surface area contributed by atoms with Crippen LogP contribution in [0, 0.1) is 0 Å². The van der Waals surface area contributed by atoms with E-state index in [1.54, 1.807) is 29.2 Å². The Morgan fingerprint density at radius 1 is 1.17 bits per heavy atom. The summed E-state index contributed by atoms with van der Waals surface area (Å²) in [5, 5.41) is 18.7. The van der Waals surface area contributed by atoms with E-state index in [0.717, 1.165) is 22.4 Å². The minimum absolute atomic E-state index is 0.451. The molecule has 6 heteroatoms. The van der Waals surface area contributed by atoms with Crippen LogP contribution in [0.3, 0.4) is 0 Å². The normalized spacial score (nSPS) is 12.3. The SMILES string of the molecule is Cn1cc(CNC[C@@H](O)c2ccc(Cl)cc2)c(-c2ccncc2)n1. The molecule has 0 spiro atoms. The number of hydrogen-bond donors (Lipinski definition) is 2.